The Kier molecular flexibility index (Phi) is 8.23. The fourth-order valence-electron chi connectivity index (χ4n) is 4.50. The van der Waals surface area contributed by atoms with Gasteiger partial charge < -0.3 is 0 Å². The smallest absolute Gasteiger partial charge is 0.292 e. The first-order chi connectivity index (χ1) is 18.7. The molecule has 1 aliphatic carbocycles. The van der Waals surface area contributed by atoms with Crippen molar-refractivity contribution < 1.29 is 29.1 Å². The average Bonchev–Trinajstić information content (AvgIpc) is 3.00. The highest BCUT2D eigenvalue weighted by Gasteiger charge is 2.31. The number of benzene rings is 4. The molecule has 0 saturated heterocycles. The summed E-state index contributed by atoms with van der Waals surface area (Å²) in [5.74, 6) is -1.19. The second kappa shape index (κ2) is 12.3. The van der Waals surface area contributed by atoms with Crippen LogP contribution in [0.1, 0.15) is 46.4 Å². The van der Waals surface area contributed by atoms with Crippen molar-refractivity contribution in [2.75, 3.05) is 0 Å². The number of hydrogen-bond donors (Lipinski definition) is 0. The van der Waals surface area contributed by atoms with Crippen LogP contribution in [0, 0.1) is 0 Å². The summed E-state index contributed by atoms with van der Waals surface area (Å²) in [6.45, 7) is 0. The van der Waals surface area contributed by atoms with Crippen molar-refractivity contribution in [1.29, 1.82) is 0 Å². The first-order valence-electron chi connectivity index (χ1n) is 12.7. The van der Waals surface area contributed by atoms with Gasteiger partial charge in [0.15, 0.2) is 0 Å². The fourth-order valence-corrected chi connectivity index (χ4v) is 4.50. The number of carbonyl (C=O) groups excluding carboxylic acids is 2. The molecule has 38 heavy (non-hydrogen) atoms. The molecule has 0 radical (unpaired) electrons. The van der Waals surface area contributed by atoms with Crippen molar-refractivity contribution in [2.24, 2.45) is 0 Å². The van der Waals surface area contributed by atoms with E-state index in [0.29, 0.717) is 24.0 Å². The maximum absolute atomic E-state index is 12.7. The molecule has 4 aromatic carbocycles. The lowest BCUT2D eigenvalue weighted by Crippen LogP contribution is -2.36. The van der Waals surface area contributed by atoms with Gasteiger partial charge in [-0.05, 0) is 59.4 Å². The van der Waals surface area contributed by atoms with Crippen molar-refractivity contribution in [3.8, 4) is 22.3 Å². The fraction of sp³-hybridized carbons (Fsp3) is 0.188. The molecule has 0 bridgehead atoms. The van der Waals surface area contributed by atoms with Crippen molar-refractivity contribution in [3.63, 3.8) is 0 Å². The van der Waals surface area contributed by atoms with Gasteiger partial charge in [0.1, 0.15) is 12.2 Å². The Labute approximate surface area is 221 Å². The van der Waals surface area contributed by atoms with Crippen LogP contribution in [0.5, 0.6) is 0 Å². The molecule has 0 N–H and O–H groups in total. The van der Waals surface area contributed by atoms with Gasteiger partial charge in [0.2, 0.25) is 0 Å². The highest BCUT2D eigenvalue weighted by Crippen LogP contribution is 2.26. The van der Waals surface area contributed by atoms with Crippen LogP contribution < -0.4 is 0 Å². The molecule has 0 spiro atoms. The molecule has 6 nitrogen and oxygen atoms in total. The minimum absolute atomic E-state index is 0.379. The Bertz CT molecular complexity index is 1260. The molecule has 2 atom stereocenters. The first-order valence-corrected chi connectivity index (χ1v) is 12.7. The lowest BCUT2D eigenvalue weighted by molar-refractivity contribution is -0.352. The van der Waals surface area contributed by atoms with E-state index in [4.69, 9.17) is 19.6 Å². The Hall–Kier alpha value is -4.26. The molecule has 1 aliphatic rings. The van der Waals surface area contributed by atoms with Crippen molar-refractivity contribution in [1.82, 2.24) is 0 Å². The Balaban J connectivity index is 1.17. The highest BCUT2D eigenvalue weighted by molar-refractivity contribution is 5.91. The molecule has 2 unspecified atom stereocenters. The third kappa shape index (κ3) is 6.35. The van der Waals surface area contributed by atoms with Gasteiger partial charge >= 0.3 is 11.9 Å². The predicted octanol–water partition coefficient (Wildman–Crippen LogP) is 7.21. The first kappa shape index (κ1) is 25.4. The lowest BCUT2D eigenvalue weighted by atomic mass is 9.95. The maximum Gasteiger partial charge on any atom is 0.373 e. The largest absolute Gasteiger partial charge is 0.373 e. The molecule has 0 aliphatic heterocycles. The van der Waals surface area contributed by atoms with Crippen molar-refractivity contribution >= 4 is 11.9 Å². The van der Waals surface area contributed by atoms with Crippen LogP contribution in [0.15, 0.2) is 109 Å². The number of carbonyl (C=O) groups is 2. The van der Waals surface area contributed by atoms with E-state index in [1.54, 1.807) is 36.4 Å². The molecule has 0 aromatic heterocycles. The van der Waals surface area contributed by atoms with Gasteiger partial charge in [0.25, 0.3) is 0 Å². The normalized spacial score (nSPS) is 16.9. The summed E-state index contributed by atoms with van der Waals surface area (Å²) in [6, 6.07) is 33.9. The van der Waals surface area contributed by atoms with Gasteiger partial charge in [-0.25, -0.2) is 9.59 Å². The topological polar surface area (TPSA) is 71.1 Å². The molecular formula is C32H28O6. The minimum atomic E-state index is -0.596. The summed E-state index contributed by atoms with van der Waals surface area (Å²) in [5, 5.41) is 0. The highest BCUT2D eigenvalue weighted by atomic mass is 17.2. The maximum atomic E-state index is 12.7. The van der Waals surface area contributed by atoms with Gasteiger partial charge in [-0.15, -0.1) is 0 Å². The van der Waals surface area contributed by atoms with E-state index in [2.05, 4.69) is 0 Å². The summed E-state index contributed by atoms with van der Waals surface area (Å²) in [7, 11) is 0. The van der Waals surface area contributed by atoms with Crippen LogP contribution in [0.4, 0.5) is 0 Å². The molecule has 6 heteroatoms. The van der Waals surface area contributed by atoms with Gasteiger partial charge in [-0.1, -0.05) is 97.8 Å². The standard InChI is InChI=1S/C32H28O6/c33-31(27-17-9-15-25(21-27)23-11-3-1-4-12-23)37-35-29-19-7-8-20-30(29)36-38-32(34)28-18-10-16-26(22-28)24-13-5-2-6-14-24/h1-6,9-18,21-22,29-30H,7-8,19-20H2. The lowest BCUT2D eigenvalue weighted by Gasteiger charge is -2.28. The zero-order valence-corrected chi connectivity index (χ0v) is 20.8. The molecular weight excluding hydrogens is 480 g/mol. The van der Waals surface area contributed by atoms with Crippen molar-refractivity contribution in [2.45, 2.75) is 37.9 Å². The second-order valence-corrected chi connectivity index (χ2v) is 9.19. The third-order valence-electron chi connectivity index (χ3n) is 6.55. The van der Waals surface area contributed by atoms with Gasteiger partial charge in [0, 0.05) is 0 Å². The van der Waals surface area contributed by atoms with Crippen LogP contribution in [0.2, 0.25) is 0 Å². The van der Waals surface area contributed by atoms with E-state index in [1.165, 1.54) is 0 Å². The van der Waals surface area contributed by atoms with E-state index < -0.39 is 24.1 Å². The van der Waals surface area contributed by atoms with Crippen LogP contribution in [0.3, 0.4) is 0 Å². The zero-order valence-electron chi connectivity index (χ0n) is 20.8. The Morgan fingerprint density at radius 3 is 1.32 bits per heavy atom. The monoisotopic (exact) mass is 508 g/mol. The molecule has 0 amide bonds. The zero-order chi connectivity index (χ0) is 26.2. The number of hydrogen-bond acceptors (Lipinski definition) is 6. The summed E-state index contributed by atoms with van der Waals surface area (Å²) in [6.07, 6.45) is 1.91. The predicted molar refractivity (Wildman–Crippen MR) is 143 cm³/mol. The summed E-state index contributed by atoms with van der Waals surface area (Å²) in [5.41, 5.74) is 4.57. The molecule has 192 valence electrons. The summed E-state index contributed by atoms with van der Waals surface area (Å²) < 4.78 is 0. The van der Waals surface area contributed by atoms with E-state index in [1.807, 2.05) is 72.8 Å². The van der Waals surface area contributed by atoms with Gasteiger partial charge in [-0.3, -0.25) is 9.78 Å². The van der Waals surface area contributed by atoms with E-state index in [9.17, 15) is 9.59 Å². The SMILES string of the molecule is O=C(OOC1CCCCC1OOC(=O)c1cccc(-c2ccccc2)c1)c1cccc(-c2ccccc2)c1. The molecule has 4 aromatic rings. The van der Waals surface area contributed by atoms with E-state index >= 15 is 0 Å². The Morgan fingerprint density at radius 2 is 0.895 bits per heavy atom. The molecule has 1 fully saturated rings. The van der Waals surface area contributed by atoms with Crippen LogP contribution in [0.25, 0.3) is 22.3 Å². The van der Waals surface area contributed by atoms with E-state index in [0.717, 1.165) is 35.1 Å². The summed E-state index contributed by atoms with van der Waals surface area (Å²) in [4.78, 5) is 46.8. The minimum Gasteiger partial charge on any atom is -0.292 e. The van der Waals surface area contributed by atoms with Gasteiger partial charge in [-0.2, -0.15) is 9.78 Å². The number of rotatable bonds is 8. The van der Waals surface area contributed by atoms with Crippen LogP contribution in [-0.4, -0.2) is 24.1 Å². The molecule has 0 heterocycles. The van der Waals surface area contributed by atoms with E-state index in [-0.39, 0.29) is 0 Å². The molecule has 5 rings (SSSR count). The average molecular weight is 509 g/mol. The van der Waals surface area contributed by atoms with Crippen LogP contribution in [-0.2, 0) is 19.6 Å². The second-order valence-electron chi connectivity index (χ2n) is 9.19. The molecule has 1 saturated carbocycles. The quantitative estimate of drug-likeness (QED) is 0.185. The van der Waals surface area contributed by atoms with Crippen molar-refractivity contribution in [3.05, 3.63) is 120 Å². The Morgan fingerprint density at radius 1 is 0.500 bits per heavy atom. The summed E-state index contributed by atoms with van der Waals surface area (Å²) >= 11 is 0. The third-order valence-corrected chi connectivity index (χ3v) is 6.55. The van der Waals surface area contributed by atoms with Gasteiger partial charge in [0.05, 0.1) is 11.1 Å². The van der Waals surface area contributed by atoms with Crippen LogP contribution >= 0.6 is 0 Å².